The van der Waals surface area contributed by atoms with Gasteiger partial charge in [-0.05, 0) is 36.8 Å². The van der Waals surface area contributed by atoms with Gasteiger partial charge in [0.15, 0.2) is 5.43 Å². The summed E-state index contributed by atoms with van der Waals surface area (Å²) in [5.41, 5.74) is 2.19. The fraction of sp³-hybridized carbons (Fsp3) is 0.167. The van der Waals surface area contributed by atoms with Crippen LogP contribution in [0.5, 0.6) is 11.5 Å². The molecule has 0 saturated carbocycles. The minimum absolute atomic E-state index is 0.0372. The molecular formula is C18H17NO3. The maximum absolute atomic E-state index is 12.7. The van der Waals surface area contributed by atoms with E-state index in [2.05, 4.69) is 0 Å². The monoisotopic (exact) mass is 295 g/mol. The van der Waals surface area contributed by atoms with Crippen LogP contribution in [0, 0.1) is 0 Å². The molecule has 0 unspecified atom stereocenters. The van der Waals surface area contributed by atoms with Crippen molar-refractivity contribution in [3.63, 3.8) is 0 Å². The van der Waals surface area contributed by atoms with E-state index in [0.717, 1.165) is 16.8 Å². The molecule has 1 aromatic heterocycles. The number of rotatable bonds is 3. The second kappa shape index (κ2) is 5.56. The molecule has 0 spiro atoms. The van der Waals surface area contributed by atoms with E-state index in [9.17, 15) is 9.90 Å². The molecule has 0 saturated heterocycles. The quantitative estimate of drug-likeness (QED) is 0.805. The van der Waals surface area contributed by atoms with E-state index in [1.54, 1.807) is 25.3 Å². The number of hydrogen-bond donors (Lipinski definition) is 1. The number of aromatic nitrogens is 1. The van der Waals surface area contributed by atoms with E-state index in [1.807, 2.05) is 42.0 Å². The molecule has 0 aliphatic heterocycles. The Kier molecular flexibility index (Phi) is 3.59. The minimum Gasteiger partial charge on any atom is -0.508 e. The largest absolute Gasteiger partial charge is 0.508 e. The number of phenols is 1. The van der Waals surface area contributed by atoms with Crippen LogP contribution in [0.15, 0.2) is 53.5 Å². The standard InChI is InChI=1S/C18H17NO3/c1-3-19-11-16(12-4-7-14(22-2)8-5-12)18(21)15-9-6-13(20)10-17(15)19/h4-11,20H,3H2,1-2H3. The predicted octanol–water partition coefficient (Wildman–Crippen LogP) is 3.40. The third kappa shape index (κ3) is 2.33. The van der Waals surface area contributed by atoms with Gasteiger partial charge >= 0.3 is 0 Å². The molecule has 3 rings (SSSR count). The molecule has 4 heteroatoms. The van der Waals surface area contributed by atoms with Crippen molar-refractivity contribution in [1.29, 1.82) is 0 Å². The zero-order valence-electron chi connectivity index (χ0n) is 12.5. The minimum atomic E-state index is -0.0372. The van der Waals surface area contributed by atoms with E-state index < -0.39 is 0 Å². The van der Waals surface area contributed by atoms with E-state index in [1.165, 1.54) is 0 Å². The van der Waals surface area contributed by atoms with Gasteiger partial charge in [0.1, 0.15) is 11.5 Å². The van der Waals surface area contributed by atoms with Crippen LogP contribution < -0.4 is 10.2 Å². The lowest BCUT2D eigenvalue weighted by Crippen LogP contribution is -2.11. The first-order valence-electron chi connectivity index (χ1n) is 7.14. The molecule has 0 atom stereocenters. The van der Waals surface area contributed by atoms with Gasteiger partial charge < -0.3 is 14.4 Å². The van der Waals surface area contributed by atoms with Gasteiger partial charge in [-0.25, -0.2) is 0 Å². The first-order chi connectivity index (χ1) is 10.6. The van der Waals surface area contributed by atoms with Gasteiger partial charge in [0, 0.05) is 29.8 Å². The number of methoxy groups -OCH3 is 1. The molecule has 22 heavy (non-hydrogen) atoms. The van der Waals surface area contributed by atoms with E-state index in [4.69, 9.17) is 4.74 Å². The summed E-state index contributed by atoms with van der Waals surface area (Å²) in [7, 11) is 1.61. The van der Waals surface area contributed by atoms with Crippen LogP contribution in [0.25, 0.3) is 22.0 Å². The van der Waals surface area contributed by atoms with Crippen molar-refractivity contribution in [3.05, 3.63) is 58.9 Å². The predicted molar refractivity (Wildman–Crippen MR) is 87.5 cm³/mol. The Morgan fingerprint density at radius 1 is 1.14 bits per heavy atom. The summed E-state index contributed by atoms with van der Waals surface area (Å²) in [4.78, 5) is 12.7. The molecule has 2 aromatic carbocycles. The third-order valence-electron chi connectivity index (χ3n) is 3.81. The lowest BCUT2D eigenvalue weighted by molar-refractivity contribution is 0.415. The average Bonchev–Trinajstić information content (AvgIpc) is 2.55. The number of aromatic hydroxyl groups is 1. The summed E-state index contributed by atoms with van der Waals surface area (Å²) >= 11 is 0. The van der Waals surface area contributed by atoms with E-state index in [-0.39, 0.29) is 11.2 Å². The molecule has 4 nitrogen and oxygen atoms in total. The van der Waals surface area contributed by atoms with E-state index in [0.29, 0.717) is 17.5 Å². The molecule has 0 aliphatic carbocycles. The van der Waals surface area contributed by atoms with Gasteiger partial charge in [-0.2, -0.15) is 0 Å². The van der Waals surface area contributed by atoms with Crippen molar-refractivity contribution in [2.75, 3.05) is 7.11 Å². The second-order valence-electron chi connectivity index (χ2n) is 5.09. The fourth-order valence-corrected chi connectivity index (χ4v) is 2.62. The molecule has 0 aliphatic rings. The first kappa shape index (κ1) is 14.2. The Morgan fingerprint density at radius 2 is 1.86 bits per heavy atom. The van der Waals surface area contributed by atoms with Crippen LogP contribution in [0.2, 0.25) is 0 Å². The maximum Gasteiger partial charge on any atom is 0.197 e. The van der Waals surface area contributed by atoms with Crippen molar-refractivity contribution in [2.24, 2.45) is 0 Å². The number of phenolic OH excluding ortho intramolecular Hbond substituents is 1. The van der Waals surface area contributed by atoms with Gasteiger partial charge in [-0.15, -0.1) is 0 Å². The molecule has 0 fully saturated rings. The number of fused-ring (bicyclic) bond motifs is 1. The number of ether oxygens (including phenoxy) is 1. The van der Waals surface area contributed by atoms with Gasteiger partial charge in [-0.3, -0.25) is 4.79 Å². The smallest absolute Gasteiger partial charge is 0.197 e. The Morgan fingerprint density at radius 3 is 2.50 bits per heavy atom. The highest BCUT2D eigenvalue weighted by atomic mass is 16.5. The summed E-state index contributed by atoms with van der Waals surface area (Å²) in [5, 5.41) is 10.3. The van der Waals surface area contributed by atoms with Crippen LogP contribution in [-0.4, -0.2) is 16.8 Å². The highest BCUT2D eigenvalue weighted by molar-refractivity contribution is 5.85. The van der Waals surface area contributed by atoms with E-state index >= 15 is 0 Å². The lowest BCUT2D eigenvalue weighted by atomic mass is 10.0. The van der Waals surface area contributed by atoms with Gasteiger partial charge in [0.2, 0.25) is 0 Å². The SMILES string of the molecule is CCn1cc(-c2ccc(OC)cc2)c(=O)c2ccc(O)cc21. The Balaban J connectivity index is 2.27. The summed E-state index contributed by atoms with van der Waals surface area (Å²) in [6.07, 6.45) is 1.84. The van der Waals surface area contributed by atoms with Gasteiger partial charge in [-0.1, -0.05) is 12.1 Å². The van der Waals surface area contributed by atoms with Crippen LogP contribution >= 0.6 is 0 Å². The Bertz CT molecular complexity index is 879. The highest BCUT2D eigenvalue weighted by Crippen LogP contribution is 2.24. The van der Waals surface area contributed by atoms with Crippen molar-refractivity contribution < 1.29 is 9.84 Å². The molecule has 3 aromatic rings. The lowest BCUT2D eigenvalue weighted by Gasteiger charge is -2.12. The van der Waals surface area contributed by atoms with Crippen LogP contribution in [-0.2, 0) is 6.54 Å². The number of aryl methyl sites for hydroxylation is 1. The first-order valence-corrected chi connectivity index (χ1v) is 7.14. The highest BCUT2D eigenvalue weighted by Gasteiger charge is 2.11. The van der Waals surface area contributed by atoms with Gasteiger partial charge in [0.05, 0.1) is 12.6 Å². The molecule has 0 amide bonds. The number of pyridine rings is 1. The molecular weight excluding hydrogens is 278 g/mol. The average molecular weight is 295 g/mol. The number of benzene rings is 2. The summed E-state index contributed by atoms with van der Waals surface area (Å²) in [6.45, 7) is 2.72. The second-order valence-corrected chi connectivity index (χ2v) is 5.09. The molecule has 1 N–H and O–H groups in total. The third-order valence-corrected chi connectivity index (χ3v) is 3.81. The van der Waals surface area contributed by atoms with Crippen molar-refractivity contribution in [1.82, 2.24) is 4.57 Å². The summed E-state index contributed by atoms with van der Waals surface area (Å²) < 4.78 is 7.12. The molecule has 1 heterocycles. The Labute approximate surface area is 128 Å². The summed E-state index contributed by atoms with van der Waals surface area (Å²) in [5.74, 6) is 0.913. The van der Waals surface area contributed by atoms with Crippen molar-refractivity contribution in [2.45, 2.75) is 13.5 Å². The zero-order valence-corrected chi connectivity index (χ0v) is 12.5. The van der Waals surface area contributed by atoms with Crippen molar-refractivity contribution in [3.8, 4) is 22.6 Å². The van der Waals surface area contributed by atoms with Crippen LogP contribution in [0.1, 0.15) is 6.92 Å². The van der Waals surface area contributed by atoms with Crippen LogP contribution in [0.3, 0.4) is 0 Å². The normalized spacial score (nSPS) is 10.8. The fourth-order valence-electron chi connectivity index (χ4n) is 2.62. The summed E-state index contributed by atoms with van der Waals surface area (Å²) in [6, 6.07) is 12.3. The number of nitrogens with zero attached hydrogens (tertiary/aromatic N) is 1. The maximum atomic E-state index is 12.7. The molecule has 0 radical (unpaired) electrons. The Hall–Kier alpha value is -2.75. The molecule has 0 bridgehead atoms. The molecule has 112 valence electrons. The zero-order chi connectivity index (χ0) is 15.7. The van der Waals surface area contributed by atoms with Gasteiger partial charge in [0.25, 0.3) is 0 Å². The van der Waals surface area contributed by atoms with Crippen molar-refractivity contribution >= 4 is 10.9 Å². The topological polar surface area (TPSA) is 51.5 Å². The number of hydrogen-bond acceptors (Lipinski definition) is 3. The van der Waals surface area contributed by atoms with Crippen LogP contribution in [0.4, 0.5) is 0 Å².